The highest BCUT2D eigenvalue weighted by Crippen LogP contribution is 2.23. The van der Waals surface area contributed by atoms with Crippen LogP contribution in [0.5, 0.6) is 0 Å². The Kier molecular flexibility index (Phi) is 4.99. The Labute approximate surface area is 121 Å². The molecule has 0 atom stereocenters. The molecule has 1 N–H and O–H groups in total. The Balaban J connectivity index is 2.44. The maximum absolute atomic E-state index is 13.0. The van der Waals surface area contributed by atoms with Crippen molar-refractivity contribution in [2.75, 3.05) is 13.2 Å². The molecule has 0 aliphatic carbocycles. The molecule has 0 saturated carbocycles. The third kappa shape index (κ3) is 3.43. The van der Waals surface area contributed by atoms with Crippen molar-refractivity contribution in [3.05, 3.63) is 35.8 Å². The van der Waals surface area contributed by atoms with Crippen LogP contribution in [0.1, 0.15) is 23.8 Å². The van der Waals surface area contributed by atoms with Crippen molar-refractivity contribution in [3.63, 3.8) is 0 Å². The van der Waals surface area contributed by atoms with Crippen molar-refractivity contribution in [3.8, 4) is 11.3 Å². The van der Waals surface area contributed by atoms with Gasteiger partial charge in [-0.3, -0.25) is 0 Å². The minimum Gasteiger partial charge on any atom is -0.461 e. The van der Waals surface area contributed by atoms with Gasteiger partial charge in [0, 0.05) is 18.7 Å². The van der Waals surface area contributed by atoms with Crippen LogP contribution in [0.4, 0.5) is 4.39 Å². The number of aliphatic hydroxyl groups excluding tert-OH is 1. The number of rotatable bonds is 6. The lowest BCUT2D eigenvalue weighted by atomic mass is 10.1. The van der Waals surface area contributed by atoms with Gasteiger partial charge in [-0.25, -0.2) is 13.9 Å². The molecule has 6 nitrogen and oxygen atoms in total. The van der Waals surface area contributed by atoms with E-state index in [1.807, 2.05) is 0 Å². The normalized spacial score (nSPS) is 10.6. The van der Waals surface area contributed by atoms with Gasteiger partial charge in [0.25, 0.3) is 0 Å². The Bertz CT molecular complexity index is 610. The molecule has 2 rings (SSSR count). The fraction of sp³-hybridized carbons (Fsp3) is 0.357. The Morgan fingerprint density at radius 1 is 1.38 bits per heavy atom. The van der Waals surface area contributed by atoms with E-state index in [1.165, 1.54) is 16.8 Å². The number of nitrogens with zero attached hydrogens (tertiary/aromatic N) is 3. The summed E-state index contributed by atoms with van der Waals surface area (Å²) in [5.41, 5.74) is 1.16. The summed E-state index contributed by atoms with van der Waals surface area (Å²) < 4.78 is 19.5. The number of aryl methyl sites for hydroxylation is 1. The molecule has 1 aromatic heterocycles. The quantitative estimate of drug-likeness (QED) is 0.819. The van der Waals surface area contributed by atoms with Gasteiger partial charge in [-0.2, -0.15) is 0 Å². The summed E-state index contributed by atoms with van der Waals surface area (Å²) in [4.78, 5) is 11.9. The van der Waals surface area contributed by atoms with E-state index >= 15 is 0 Å². The molecule has 2 aromatic rings. The molecule has 0 unspecified atom stereocenters. The second-order valence-corrected chi connectivity index (χ2v) is 4.31. The highest BCUT2D eigenvalue weighted by atomic mass is 19.1. The maximum Gasteiger partial charge on any atom is 0.361 e. The van der Waals surface area contributed by atoms with Gasteiger partial charge in [0.05, 0.1) is 6.61 Å². The predicted molar refractivity (Wildman–Crippen MR) is 73.1 cm³/mol. The van der Waals surface area contributed by atoms with Crippen LogP contribution in [0.2, 0.25) is 0 Å². The smallest absolute Gasteiger partial charge is 0.361 e. The van der Waals surface area contributed by atoms with Gasteiger partial charge >= 0.3 is 5.97 Å². The van der Waals surface area contributed by atoms with Crippen LogP contribution >= 0.6 is 0 Å². The molecule has 0 saturated heterocycles. The fourth-order valence-electron chi connectivity index (χ4n) is 1.92. The molecular weight excluding hydrogens is 277 g/mol. The lowest BCUT2D eigenvalue weighted by molar-refractivity contribution is 0.0520. The van der Waals surface area contributed by atoms with Crippen LogP contribution in [0, 0.1) is 5.82 Å². The number of benzene rings is 1. The van der Waals surface area contributed by atoms with Crippen LogP contribution in [0.15, 0.2) is 24.3 Å². The van der Waals surface area contributed by atoms with Crippen LogP contribution < -0.4 is 0 Å². The van der Waals surface area contributed by atoms with Gasteiger partial charge in [0.2, 0.25) is 0 Å². The van der Waals surface area contributed by atoms with Crippen molar-refractivity contribution < 1.29 is 19.0 Å². The second-order valence-electron chi connectivity index (χ2n) is 4.31. The van der Waals surface area contributed by atoms with Crippen LogP contribution in [0.25, 0.3) is 11.3 Å². The Hall–Kier alpha value is -2.28. The number of aromatic nitrogens is 3. The minimum absolute atomic E-state index is 0.00252. The molecular formula is C14H16FN3O3. The molecule has 7 heteroatoms. The zero-order valence-electron chi connectivity index (χ0n) is 11.6. The molecule has 1 heterocycles. The number of carbonyl (C=O) groups excluding carboxylic acids is 1. The zero-order valence-corrected chi connectivity index (χ0v) is 11.6. The number of halogens is 1. The van der Waals surface area contributed by atoms with E-state index in [4.69, 9.17) is 9.84 Å². The van der Waals surface area contributed by atoms with Crippen LogP contribution in [-0.4, -0.2) is 39.3 Å². The summed E-state index contributed by atoms with van der Waals surface area (Å²) in [6.45, 7) is 2.32. The van der Waals surface area contributed by atoms with Crippen molar-refractivity contribution in [2.24, 2.45) is 0 Å². The van der Waals surface area contributed by atoms with Crippen molar-refractivity contribution >= 4 is 5.97 Å². The minimum atomic E-state index is -0.577. The van der Waals surface area contributed by atoms with Crippen LogP contribution in [-0.2, 0) is 11.3 Å². The summed E-state index contributed by atoms with van der Waals surface area (Å²) in [7, 11) is 0. The molecule has 112 valence electrons. The number of aliphatic hydroxyl groups is 1. The maximum atomic E-state index is 13.0. The van der Waals surface area contributed by atoms with Gasteiger partial charge in [-0.05, 0) is 37.6 Å². The Morgan fingerprint density at radius 3 is 2.71 bits per heavy atom. The third-order valence-electron chi connectivity index (χ3n) is 2.85. The van der Waals surface area contributed by atoms with Crippen molar-refractivity contribution in [1.29, 1.82) is 0 Å². The van der Waals surface area contributed by atoms with E-state index in [9.17, 15) is 9.18 Å². The van der Waals surface area contributed by atoms with E-state index in [0.29, 0.717) is 24.2 Å². The molecule has 0 bridgehead atoms. The van der Waals surface area contributed by atoms with Crippen molar-refractivity contribution in [2.45, 2.75) is 19.9 Å². The number of hydrogen-bond acceptors (Lipinski definition) is 5. The lowest BCUT2D eigenvalue weighted by Gasteiger charge is -2.07. The first-order valence-corrected chi connectivity index (χ1v) is 6.64. The molecule has 0 fully saturated rings. The Morgan fingerprint density at radius 2 is 2.10 bits per heavy atom. The molecule has 1 aromatic carbocycles. The largest absolute Gasteiger partial charge is 0.461 e. The SMILES string of the molecule is CCOC(=O)c1nnn(CCCO)c1-c1ccc(F)cc1. The van der Waals surface area contributed by atoms with E-state index in [-0.39, 0.29) is 24.7 Å². The van der Waals surface area contributed by atoms with Crippen LogP contribution in [0.3, 0.4) is 0 Å². The van der Waals surface area contributed by atoms with E-state index in [1.54, 1.807) is 19.1 Å². The molecule has 21 heavy (non-hydrogen) atoms. The van der Waals surface area contributed by atoms with Gasteiger partial charge in [0.15, 0.2) is 5.69 Å². The lowest BCUT2D eigenvalue weighted by Crippen LogP contribution is -2.09. The van der Waals surface area contributed by atoms with Crippen molar-refractivity contribution in [1.82, 2.24) is 15.0 Å². The molecule has 0 aliphatic rings. The number of esters is 1. The van der Waals surface area contributed by atoms with E-state index < -0.39 is 5.97 Å². The average molecular weight is 293 g/mol. The highest BCUT2D eigenvalue weighted by molar-refractivity contribution is 5.94. The summed E-state index contributed by atoms with van der Waals surface area (Å²) in [6, 6.07) is 5.69. The first-order chi connectivity index (χ1) is 10.2. The first-order valence-electron chi connectivity index (χ1n) is 6.64. The third-order valence-corrected chi connectivity index (χ3v) is 2.85. The molecule has 0 spiro atoms. The first kappa shape index (κ1) is 15.1. The predicted octanol–water partition coefficient (Wildman–Crippen LogP) is 1.64. The molecule has 0 radical (unpaired) electrons. The average Bonchev–Trinajstić information content (AvgIpc) is 2.90. The fourth-order valence-corrected chi connectivity index (χ4v) is 1.92. The number of hydrogen-bond donors (Lipinski definition) is 1. The van der Waals surface area contributed by atoms with E-state index in [2.05, 4.69) is 10.3 Å². The molecule has 0 aliphatic heterocycles. The van der Waals surface area contributed by atoms with Gasteiger partial charge < -0.3 is 9.84 Å². The van der Waals surface area contributed by atoms with Gasteiger partial charge in [-0.15, -0.1) is 5.10 Å². The monoisotopic (exact) mass is 293 g/mol. The standard InChI is InChI=1S/C14H16FN3O3/c1-2-21-14(20)12-13(10-4-6-11(15)7-5-10)18(17-16-12)8-3-9-19/h4-7,19H,2-3,8-9H2,1H3. The second kappa shape index (κ2) is 6.94. The van der Waals surface area contributed by atoms with Gasteiger partial charge in [0.1, 0.15) is 11.5 Å². The number of carbonyl (C=O) groups is 1. The topological polar surface area (TPSA) is 77.2 Å². The zero-order chi connectivity index (χ0) is 15.2. The summed E-state index contributed by atoms with van der Waals surface area (Å²) >= 11 is 0. The summed E-state index contributed by atoms with van der Waals surface area (Å²) in [6.07, 6.45) is 0.472. The summed E-state index contributed by atoms with van der Waals surface area (Å²) in [5.74, 6) is -0.946. The highest BCUT2D eigenvalue weighted by Gasteiger charge is 2.22. The van der Waals surface area contributed by atoms with Gasteiger partial charge in [-0.1, -0.05) is 5.21 Å². The summed E-state index contributed by atoms with van der Waals surface area (Å²) in [5, 5.41) is 16.7. The van der Waals surface area contributed by atoms with E-state index in [0.717, 1.165) is 0 Å². The number of ether oxygens (including phenoxy) is 1. The molecule has 0 amide bonds.